The summed E-state index contributed by atoms with van der Waals surface area (Å²) in [6.45, 7) is 16.2. The number of imidazole rings is 1. The van der Waals surface area contributed by atoms with Crippen molar-refractivity contribution >= 4 is 16.9 Å². The Morgan fingerprint density at radius 3 is 2.18 bits per heavy atom. The Hall–Kier alpha value is -3.44. The van der Waals surface area contributed by atoms with Crippen LogP contribution in [-0.2, 0) is 13.1 Å². The van der Waals surface area contributed by atoms with Crippen LogP contribution in [0, 0.1) is 27.7 Å². The minimum atomic E-state index is 0.0264. The zero-order valence-electron chi connectivity index (χ0n) is 24.4. The summed E-state index contributed by atoms with van der Waals surface area (Å²) in [6, 6.07) is 19.5. The maximum atomic E-state index is 14.0. The topological polar surface area (TPSA) is 41.4 Å². The van der Waals surface area contributed by atoms with Gasteiger partial charge in [0.1, 0.15) is 5.82 Å². The second-order valence-corrected chi connectivity index (χ2v) is 11.7. The molecule has 5 nitrogen and oxygen atoms in total. The number of likely N-dealkylation sites (tertiary alicyclic amines) is 1. The number of hydrogen-bond acceptors (Lipinski definition) is 3. The molecule has 0 atom stereocenters. The van der Waals surface area contributed by atoms with E-state index in [-0.39, 0.29) is 11.9 Å². The third kappa shape index (κ3) is 5.79. The Kier molecular flexibility index (Phi) is 7.90. The first kappa shape index (κ1) is 27.1. The van der Waals surface area contributed by atoms with Gasteiger partial charge in [-0.05, 0) is 108 Å². The van der Waals surface area contributed by atoms with Crippen molar-refractivity contribution in [3.8, 4) is 5.69 Å². The minimum absolute atomic E-state index is 0.0264. The van der Waals surface area contributed by atoms with Crippen molar-refractivity contribution in [1.29, 1.82) is 0 Å². The first-order valence-electron chi connectivity index (χ1n) is 14.4. The molecule has 1 saturated heterocycles. The van der Waals surface area contributed by atoms with Crippen molar-refractivity contribution in [2.75, 3.05) is 13.1 Å². The van der Waals surface area contributed by atoms with Gasteiger partial charge in [-0.15, -0.1) is 0 Å². The van der Waals surface area contributed by atoms with Crippen LogP contribution in [0.15, 0.2) is 54.6 Å². The molecule has 204 valence electrons. The van der Waals surface area contributed by atoms with Gasteiger partial charge in [-0.3, -0.25) is 14.3 Å². The van der Waals surface area contributed by atoms with Crippen LogP contribution in [0.25, 0.3) is 16.7 Å². The largest absolute Gasteiger partial charge is 0.329 e. The summed E-state index contributed by atoms with van der Waals surface area (Å²) >= 11 is 0. The van der Waals surface area contributed by atoms with Crippen molar-refractivity contribution in [3.63, 3.8) is 0 Å². The molecule has 2 heterocycles. The molecule has 0 bridgehead atoms. The lowest BCUT2D eigenvalue weighted by molar-refractivity contribution is 0.0683. The highest BCUT2D eigenvalue weighted by molar-refractivity contribution is 5.97. The Morgan fingerprint density at radius 1 is 0.872 bits per heavy atom. The number of aromatic nitrogens is 2. The zero-order chi connectivity index (χ0) is 27.7. The summed E-state index contributed by atoms with van der Waals surface area (Å²) in [7, 11) is 0. The molecule has 1 aliphatic heterocycles. The highest BCUT2D eigenvalue weighted by Gasteiger charge is 2.25. The summed E-state index contributed by atoms with van der Waals surface area (Å²) in [6.07, 6.45) is 3.91. The number of hydrogen-bond donors (Lipinski definition) is 0. The second-order valence-electron chi connectivity index (χ2n) is 11.7. The average Bonchev–Trinajstić information content (AvgIpc) is 3.24. The number of rotatable bonds is 7. The average molecular weight is 523 g/mol. The van der Waals surface area contributed by atoms with E-state index in [2.05, 4.69) is 91.8 Å². The minimum Gasteiger partial charge on any atom is -0.329 e. The number of aryl methyl sites for hydroxylation is 4. The molecule has 0 aliphatic carbocycles. The number of fused-ring (bicyclic) bond motifs is 1. The maximum absolute atomic E-state index is 14.0. The van der Waals surface area contributed by atoms with Crippen LogP contribution in [-0.4, -0.2) is 44.4 Å². The lowest BCUT2D eigenvalue weighted by Crippen LogP contribution is -2.38. The van der Waals surface area contributed by atoms with Crippen LogP contribution in [0.5, 0.6) is 0 Å². The molecule has 3 aromatic carbocycles. The lowest BCUT2D eigenvalue weighted by Gasteiger charge is -2.28. The predicted octanol–water partition coefficient (Wildman–Crippen LogP) is 7.30. The van der Waals surface area contributed by atoms with E-state index in [4.69, 9.17) is 4.98 Å². The standard InChI is InChI=1S/C34H42N4O/c1-23(2)37(34(39)33-26(5)18-25(4)19-27(33)6)22-32-35-30-20-28(21-36-16-8-7-9-17-36)12-15-31(30)38(32)29-13-10-24(3)11-14-29/h10-15,18-20,23H,7-9,16-17,21-22H2,1-6H3. The van der Waals surface area contributed by atoms with E-state index < -0.39 is 0 Å². The van der Waals surface area contributed by atoms with Crippen LogP contribution >= 0.6 is 0 Å². The third-order valence-corrected chi connectivity index (χ3v) is 8.02. The fourth-order valence-electron chi connectivity index (χ4n) is 6.04. The molecule has 0 radical (unpaired) electrons. The lowest BCUT2D eigenvalue weighted by atomic mass is 9.98. The van der Waals surface area contributed by atoms with Gasteiger partial charge in [-0.2, -0.15) is 0 Å². The number of carbonyl (C=O) groups excluding carboxylic acids is 1. The number of benzene rings is 3. The first-order chi connectivity index (χ1) is 18.7. The van der Waals surface area contributed by atoms with Gasteiger partial charge in [0, 0.05) is 23.8 Å². The monoisotopic (exact) mass is 522 g/mol. The highest BCUT2D eigenvalue weighted by atomic mass is 16.2. The summed E-state index contributed by atoms with van der Waals surface area (Å²) in [5.41, 5.74) is 9.69. The van der Waals surface area contributed by atoms with E-state index in [0.717, 1.165) is 45.8 Å². The van der Waals surface area contributed by atoms with E-state index in [1.807, 2.05) is 18.7 Å². The molecule has 1 aromatic heterocycles. The molecular weight excluding hydrogens is 480 g/mol. The Balaban J connectivity index is 1.56. The molecule has 5 heteroatoms. The SMILES string of the molecule is Cc1ccc(-n2c(CN(C(=O)c3c(C)cc(C)cc3C)C(C)C)nc3cc(CN4CCCCC4)ccc32)cc1. The van der Waals surface area contributed by atoms with Crippen LogP contribution in [0.4, 0.5) is 0 Å². The Bertz CT molecular complexity index is 1450. The van der Waals surface area contributed by atoms with Crippen LogP contribution in [0.3, 0.4) is 0 Å². The van der Waals surface area contributed by atoms with Gasteiger partial charge >= 0.3 is 0 Å². The molecule has 1 fully saturated rings. The van der Waals surface area contributed by atoms with Crippen LogP contribution in [0.1, 0.15) is 77.1 Å². The third-order valence-electron chi connectivity index (χ3n) is 8.02. The predicted molar refractivity (Wildman–Crippen MR) is 161 cm³/mol. The molecule has 5 rings (SSSR count). The Labute approximate surface area is 233 Å². The molecule has 0 saturated carbocycles. The fourth-order valence-corrected chi connectivity index (χ4v) is 6.04. The van der Waals surface area contributed by atoms with E-state index in [1.54, 1.807) is 0 Å². The Morgan fingerprint density at radius 2 is 1.54 bits per heavy atom. The molecule has 1 amide bonds. The molecule has 39 heavy (non-hydrogen) atoms. The summed E-state index contributed by atoms with van der Waals surface area (Å²) < 4.78 is 2.23. The van der Waals surface area contributed by atoms with Gasteiger partial charge in [0.15, 0.2) is 0 Å². The van der Waals surface area contributed by atoms with Gasteiger partial charge in [0.2, 0.25) is 0 Å². The van der Waals surface area contributed by atoms with E-state index in [0.29, 0.717) is 6.54 Å². The summed E-state index contributed by atoms with van der Waals surface area (Å²) in [4.78, 5) is 23.7. The molecule has 0 N–H and O–H groups in total. The van der Waals surface area contributed by atoms with Crippen LogP contribution in [0.2, 0.25) is 0 Å². The van der Waals surface area contributed by atoms with Gasteiger partial charge in [0.25, 0.3) is 5.91 Å². The van der Waals surface area contributed by atoms with Gasteiger partial charge < -0.3 is 4.90 Å². The zero-order valence-corrected chi connectivity index (χ0v) is 24.4. The number of nitrogens with zero attached hydrogens (tertiary/aromatic N) is 4. The second kappa shape index (κ2) is 11.4. The van der Waals surface area contributed by atoms with Crippen molar-refractivity contribution in [1.82, 2.24) is 19.4 Å². The molecular formula is C34H42N4O. The van der Waals surface area contributed by atoms with Gasteiger partial charge in [0.05, 0.1) is 17.6 Å². The molecule has 1 aliphatic rings. The van der Waals surface area contributed by atoms with E-state index in [1.165, 1.54) is 49.0 Å². The molecule has 0 spiro atoms. The van der Waals surface area contributed by atoms with Crippen molar-refractivity contribution < 1.29 is 4.79 Å². The summed E-state index contributed by atoms with van der Waals surface area (Å²) in [5.74, 6) is 0.946. The normalized spacial score (nSPS) is 14.3. The number of carbonyl (C=O) groups is 1. The van der Waals surface area contributed by atoms with Crippen molar-refractivity contribution in [3.05, 3.63) is 93.8 Å². The van der Waals surface area contributed by atoms with Crippen molar-refractivity contribution in [2.24, 2.45) is 0 Å². The van der Waals surface area contributed by atoms with Crippen LogP contribution < -0.4 is 0 Å². The quantitative estimate of drug-likeness (QED) is 0.256. The number of piperidine rings is 1. The number of amides is 1. The first-order valence-corrected chi connectivity index (χ1v) is 14.4. The smallest absolute Gasteiger partial charge is 0.255 e. The fraction of sp³-hybridized carbons (Fsp3) is 0.412. The van der Waals surface area contributed by atoms with E-state index in [9.17, 15) is 4.79 Å². The molecule has 0 unspecified atom stereocenters. The summed E-state index contributed by atoms with van der Waals surface area (Å²) in [5, 5.41) is 0. The van der Waals surface area contributed by atoms with Gasteiger partial charge in [-0.25, -0.2) is 4.98 Å². The van der Waals surface area contributed by atoms with Gasteiger partial charge in [-0.1, -0.05) is 47.9 Å². The van der Waals surface area contributed by atoms with E-state index >= 15 is 0 Å². The van der Waals surface area contributed by atoms with Crippen molar-refractivity contribution in [2.45, 2.75) is 79.9 Å². The highest BCUT2D eigenvalue weighted by Crippen LogP contribution is 2.27. The molecule has 4 aromatic rings. The maximum Gasteiger partial charge on any atom is 0.255 e.